The number of ether oxygens (including phenoxy) is 2. The van der Waals surface area contributed by atoms with E-state index in [0.717, 1.165) is 18.6 Å². The fourth-order valence-corrected chi connectivity index (χ4v) is 4.24. The third-order valence-electron chi connectivity index (χ3n) is 5.07. The maximum atomic E-state index is 11.7. The molecular weight excluding hydrogens is 404 g/mol. The minimum Gasteiger partial charge on any atom is -0.487 e. The third-order valence-corrected chi connectivity index (χ3v) is 6.15. The SMILES string of the molecule is Cc1ccc(SCCCCOc2cc3c(cc2[N+](=O)[O-])NC(=O)OC3(C)C)cc1C. The normalized spacial score (nSPS) is 14.5. The number of carbonyl (C=O) groups is 1. The zero-order valence-electron chi connectivity index (χ0n) is 17.6. The number of anilines is 1. The van der Waals surface area contributed by atoms with Crippen molar-refractivity contribution < 1.29 is 19.2 Å². The van der Waals surface area contributed by atoms with Crippen molar-refractivity contribution in [1.82, 2.24) is 0 Å². The minimum atomic E-state index is -0.895. The van der Waals surface area contributed by atoms with Gasteiger partial charge < -0.3 is 9.47 Å². The monoisotopic (exact) mass is 430 g/mol. The number of benzene rings is 2. The average Bonchev–Trinajstić information content (AvgIpc) is 2.66. The van der Waals surface area contributed by atoms with Gasteiger partial charge in [0.25, 0.3) is 0 Å². The number of nitrogens with zero attached hydrogens (tertiary/aromatic N) is 1. The van der Waals surface area contributed by atoms with Crippen LogP contribution in [-0.4, -0.2) is 23.4 Å². The predicted molar refractivity (Wildman–Crippen MR) is 118 cm³/mol. The van der Waals surface area contributed by atoms with E-state index in [9.17, 15) is 14.9 Å². The first kappa shape index (κ1) is 22.0. The van der Waals surface area contributed by atoms with Gasteiger partial charge in [-0.1, -0.05) is 6.07 Å². The van der Waals surface area contributed by atoms with Gasteiger partial charge in [0.1, 0.15) is 5.60 Å². The quantitative estimate of drug-likeness (QED) is 0.240. The first-order chi connectivity index (χ1) is 14.2. The van der Waals surface area contributed by atoms with Gasteiger partial charge in [-0.05, 0) is 75.6 Å². The smallest absolute Gasteiger partial charge is 0.412 e. The van der Waals surface area contributed by atoms with Crippen LogP contribution in [0.1, 0.15) is 43.4 Å². The Labute approximate surface area is 180 Å². The molecule has 0 saturated heterocycles. The average molecular weight is 431 g/mol. The fraction of sp³-hybridized carbons (Fsp3) is 0.409. The van der Waals surface area contributed by atoms with Crippen LogP contribution >= 0.6 is 11.8 Å². The molecule has 0 radical (unpaired) electrons. The molecule has 1 aliphatic heterocycles. The van der Waals surface area contributed by atoms with Gasteiger partial charge >= 0.3 is 11.8 Å². The second-order valence-corrected chi connectivity index (χ2v) is 8.97. The van der Waals surface area contributed by atoms with E-state index in [0.29, 0.717) is 17.9 Å². The summed E-state index contributed by atoms with van der Waals surface area (Å²) >= 11 is 1.80. The van der Waals surface area contributed by atoms with E-state index >= 15 is 0 Å². The van der Waals surface area contributed by atoms with Crippen LogP contribution < -0.4 is 10.1 Å². The molecular formula is C22H26N2O5S. The lowest BCUT2D eigenvalue weighted by molar-refractivity contribution is -0.385. The van der Waals surface area contributed by atoms with Crippen LogP contribution in [0.25, 0.3) is 0 Å². The minimum absolute atomic E-state index is 0.170. The number of cyclic esters (lactones) is 1. The molecule has 0 bridgehead atoms. The Balaban J connectivity index is 1.59. The van der Waals surface area contributed by atoms with Crippen molar-refractivity contribution in [3.05, 3.63) is 57.1 Å². The molecule has 1 N–H and O–H groups in total. The van der Waals surface area contributed by atoms with Crippen LogP contribution in [0, 0.1) is 24.0 Å². The molecule has 1 heterocycles. The van der Waals surface area contributed by atoms with Gasteiger partial charge in [-0.25, -0.2) is 4.79 Å². The highest BCUT2D eigenvalue weighted by Crippen LogP contribution is 2.42. The lowest BCUT2D eigenvalue weighted by Crippen LogP contribution is -2.34. The van der Waals surface area contributed by atoms with Gasteiger partial charge in [0.15, 0.2) is 5.75 Å². The Morgan fingerprint density at radius 1 is 1.17 bits per heavy atom. The van der Waals surface area contributed by atoms with Gasteiger partial charge in [-0.2, -0.15) is 0 Å². The molecule has 0 aliphatic carbocycles. The molecule has 1 amide bonds. The van der Waals surface area contributed by atoms with E-state index in [1.807, 2.05) is 0 Å². The molecule has 0 spiro atoms. The number of unbranched alkanes of at least 4 members (excludes halogenated alkanes) is 1. The largest absolute Gasteiger partial charge is 0.487 e. The Bertz CT molecular complexity index is 974. The summed E-state index contributed by atoms with van der Waals surface area (Å²) in [7, 11) is 0. The van der Waals surface area contributed by atoms with Crippen LogP contribution in [0.3, 0.4) is 0 Å². The summed E-state index contributed by atoms with van der Waals surface area (Å²) in [4.78, 5) is 23.9. The highest BCUT2D eigenvalue weighted by molar-refractivity contribution is 7.99. The van der Waals surface area contributed by atoms with Crippen molar-refractivity contribution in [1.29, 1.82) is 0 Å². The highest BCUT2D eigenvalue weighted by atomic mass is 32.2. The van der Waals surface area contributed by atoms with Crippen LogP contribution in [0.15, 0.2) is 35.2 Å². The highest BCUT2D eigenvalue weighted by Gasteiger charge is 2.36. The third kappa shape index (κ3) is 5.05. The summed E-state index contributed by atoms with van der Waals surface area (Å²) in [5, 5.41) is 14.0. The summed E-state index contributed by atoms with van der Waals surface area (Å²) in [5.41, 5.74) is 2.52. The van der Waals surface area contributed by atoms with Crippen molar-refractivity contribution in [2.75, 3.05) is 17.7 Å². The number of fused-ring (bicyclic) bond motifs is 1. The van der Waals surface area contributed by atoms with Gasteiger partial charge in [-0.3, -0.25) is 15.4 Å². The molecule has 7 nitrogen and oxygen atoms in total. The number of thioether (sulfide) groups is 1. The van der Waals surface area contributed by atoms with Crippen molar-refractivity contribution in [3.63, 3.8) is 0 Å². The van der Waals surface area contributed by atoms with Crippen LogP contribution in [0.4, 0.5) is 16.2 Å². The summed E-state index contributed by atoms with van der Waals surface area (Å²) in [5.74, 6) is 1.14. The fourth-order valence-electron chi connectivity index (χ4n) is 3.23. The Morgan fingerprint density at radius 3 is 2.63 bits per heavy atom. The second-order valence-electron chi connectivity index (χ2n) is 7.80. The topological polar surface area (TPSA) is 90.7 Å². The number of rotatable bonds is 8. The number of nitrogens with one attached hydrogen (secondary N) is 1. The van der Waals surface area contributed by atoms with Gasteiger partial charge in [0.05, 0.1) is 17.2 Å². The molecule has 0 saturated carbocycles. The number of nitro groups is 1. The molecule has 8 heteroatoms. The number of carbonyl (C=O) groups excluding carboxylic acids is 1. The standard InChI is InChI=1S/C22H26N2O5S/c1-14-7-8-16(11-15(14)2)30-10-6-5-9-28-20-12-17-18(13-19(20)24(26)27)23-21(25)29-22(17,3)4/h7-8,11-13H,5-6,9-10H2,1-4H3,(H,23,25). The zero-order valence-corrected chi connectivity index (χ0v) is 18.4. The predicted octanol–water partition coefficient (Wildman–Crippen LogP) is 5.96. The van der Waals surface area contributed by atoms with Crippen LogP contribution in [-0.2, 0) is 10.3 Å². The van der Waals surface area contributed by atoms with Gasteiger partial charge in [0.2, 0.25) is 0 Å². The molecule has 0 fully saturated rings. The molecule has 3 rings (SSSR count). The number of aryl methyl sites for hydroxylation is 2. The van der Waals surface area contributed by atoms with Crippen molar-refractivity contribution in [2.24, 2.45) is 0 Å². The van der Waals surface area contributed by atoms with Crippen LogP contribution in [0.5, 0.6) is 5.75 Å². The maximum Gasteiger partial charge on any atom is 0.412 e. The first-order valence-electron chi connectivity index (χ1n) is 9.83. The number of nitro benzene ring substituents is 1. The van der Waals surface area contributed by atoms with Crippen molar-refractivity contribution in [2.45, 2.75) is 51.0 Å². The maximum absolute atomic E-state index is 11.7. The number of hydrogen-bond acceptors (Lipinski definition) is 6. The number of amides is 1. The van der Waals surface area contributed by atoms with Gasteiger partial charge in [0, 0.05) is 16.5 Å². The lowest BCUT2D eigenvalue weighted by Gasteiger charge is -2.32. The zero-order chi connectivity index (χ0) is 21.9. The van der Waals surface area contributed by atoms with Crippen molar-refractivity contribution in [3.8, 4) is 5.75 Å². The molecule has 0 atom stereocenters. The molecule has 160 valence electrons. The number of hydrogen-bond donors (Lipinski definition) is 1. The molecule has 1 aliphatic rings. The first-order valence-corrected chi connectivity index (χ1v) is 10.8. The Kier molecular flexibility index (Phi) is 6.55. The van der Waals surface area contributed by atoms with Gasteiger partial charge in [-0.15, -0.1) is 11.8 Å². The summed E-state index contributed by atoms with van der Waals surface area (Å²) in [6.07, 6.45) is 1.08. The van der Waals surface area contributed by atoms with E-state index in [1.54, 1.807) is 31.7 Å². The lowest BCUT2D eigenvalue weighted by atomic mass is 9.94. The van der Waals surface area contributed by atoms with E-state index < -0.39 is 16.6 Å². The Morgan fingerprint density at radius 2 is 1.93 bits per heavy atom. The molecule has 2 aromatic carbocycles. The summed E-state index contributed by atoms with van der Waals surface area (Å²) < 4.78 is 11.0. The van der Waals surface area contributed by atoms with E-state index in [2.05, 4.69) is 37.4 Å². The molecule has 30 heavy (non-hydrogen) atoms. The Hall–Kier alpha value is -2.74. The van der Waals surface area contributed by atoms with E-state index in [-0.39, 0.29) is 11.4 Å². The molecule has 2 aromatic rings. The second kappa shape index (κ2) is 8.95. The van der Waals surface area contributed by atoms with Crippen LogP contribution in [0.2, 0.25) is 0 Å². The van der Waals surface area contributed by atoms with Crippen molar-refractivity contribution >= 4 is 29.2 Å². The summed E-state index contributed by atoms with van der Waals surface area (Å²) in [6, 6.07) is 9.38. The van der Waals surface area contributed by atoms with E-state index in [4.69, 9.17) is 9.47 Å². The van der Waals surface area contributed by atoms with E-state index in [1.165, 1.54) is 22.1 Å². The molecule has 0 aromatic heterocycles. The summed E-state index contributed by atoms with van der Waals surface area (Å²) in [6.45, 7) is 8.06. The molecule has 0 unspecified atom stereocenters.